The molecule has 0 aliphatic heterocycles. The van der Waals surface area contributed by atoms with Crippen LogP contribution in [0.2, 0.25) is 0 Å². The molecule has 0 unspecified atom stereocenters. The van der Waals surface area contributed by atoms with Gasteiger partial charge in [-0.2, -0.15) is 18.2 Å². The summed E-state index contributed by atoms with van der Waals surface area (Å²) < 4.78 is 39.6. The molecule has 9 heteroatoms. The van der Waals surface area contributed by atoms with E-state index in [1.165, 1.54) is 13.0 Å². The highest BCUT2D eigenvalue weighted by atomic mass is 19.4. The number of alkyl halides is 3. The van der Waals surface area contributed by atoms with Crippen molar-refractivity contribution in [3.05, 3.63) is 59.9 Å². The predicted molar refractivity (Wildman–Crippen MR) is 105 cm³/mol. The van der Waals surface area contributed by atoms with Crippen LogP contribution >= 0.6 is 0 Å². The number of anilines is 3. The molecule has 3 N–H and O–H groups in total. The van der Waals surface area contributed by atoms with Crippen LogP contribution in [0.4, 0.5) is 30.6 Å². The second kappa shape index (κ2) is 8.87. The summed E-state index contributed by atoms with van der Waals surface area (Å²) in [5, 5.41) is 14.9. The van der Waals surface area contributed by atoms with E-state index in [2.05, 4.69) is 25.6 Å². The number of aryl methyl sites for hydroxylation is 1. The molecule has 0 fully saturated rings. The molecule has 0 saturated heterocycles. The molecule has 0 radical (unpaired) electrons. The number of aliphatic hydroxyl groups excluding tert-OH is 1. The van der Waals surface area contributed by atoms with Crippen molar-refractivity contribution in [2.75, 3.05) is 23.8 Å². The third kappa shape index (κ3) is 5.41. The molecule has 2 heterocycles. The number of halogens is 3. The highest BCUT2D eigenvalue weighted by Gasteiger charge is 2.32. The molecule has 2 aromatic heterocycles. The first-order valence-corrected chi connectivity index (χ1v) is 8.96. The van der Waals surface area contributed by atoms with Crippen molar-refractivity contribution in [2.24, 2.45) is 0 Å². The van der Waals surface area contributed by atoms with Gasteiger partial charge in [0, 0.05) is 42.9 Å². The van der Waals surface area contributed by atoms with Crippen LogP contribution in [0, 0.1) is 6.92 Å². The Labute approximate surface area is 165 Å². The first kappa shape index (κ1) is 20.5. The van der Waals surface area contributed by atoms with Gasteiger partial charge in [0.25, 0.3) is 0 Å². The Morgan fingerprint density at radius 1 is 1.10 bits per heavy atom. The number of aliphatic hydroxyl groups is 1. The van der Waals surface area contributed by atoms with E-state index in [-0.39, 0.29) is 17.9 Å². The molecule has 3 rings (SSSR count). The Morgan fingerprint density at radius 3 is 2.62 bits per heavy atom. The Kier molecular flexibility index (Phi) is 6.28. The van der Waals surface area contributed by atoms with Gasteiger partial charge in [0.2, 0.25) is 5.95 Å². The lowest BCUT2D eigenvalue weighted by molar-refractivity contribution is -0.138. The topological polar surface area (TPSA) is 83.0 Å². The van der Waals surface area contributed by atoms with Gasteiger partial charge in [-0.25, -0.2) is 4.98 Å². The van der Waals surface area contributed by atoms with Crippen molar-refractivity contribution >= 4 is 17.5 Å². The van der Waals surface area contributed by atoms with Crippen molar-refractivity contribution in [1.29, 1.82) is 0 Å². The average molecular weight is 403 g/mol. The largest absolute Gasteiger partial charge is 0.416 e. The summed E-state index contributed by atoms with van der Waals surface area (Å²) >= 11 is 0. The Hall–Kier alpha value is -3.20. The molecule has 0 saturated carbocycles. The number of benzene rings is 1. The molecular formula is C20H20F3N5O. The minimum atomic E-state index is -4.44. The second-order valence-corrected chi connectivity index (χ2v) is 6.36. The molecule has 1 aromatic carbocycles. The lowest BCUT2D eigenvalue weighted by atomic mass is 10.1. The fourth-order valence-electron chi connectivity index (χ4n) is 2.68. The number of nitrogens with one attached hydrogen (secondary N) is 2. The summed E-state index contributed by atoms with van der Waals surface area (Å²) in [6, 6.07) is 9.26. The molecule has 0 aliphatic carbocycles. The maximum absolute atomic E-state index is 13.2. The monoisotopic (exact) mass is 403 g/mol. The van der Waals surface area contributed by atoms with E-state index in [1.807, 2.05) is 6.07 Å². The van der Waals surface area contributed by atoms with Crippen LogP contribution in [0.1, 0.15) is 17.5 Å². The van der Waals surface area contributed by atoms with Crippen LogP contribution in [0.25, 0.3) is 11.3 Å². The maximum atomic E-state index is 13.2. The molecule has 0 spiro atoms. The van der Waals surface area contributed by atoms with Crippen LogP contribution in [0.3, 0.4) is 0 Å². The van der Waals surface area contributed by atoms with E-state index in [0.717, 1.165) is 11.6 Å². The molecular weight excluding hydrogens is 383 g/mol. The number of nitrogens with zero attached hydrogens (tertiary/aromatic N) is 3. The van der Waals surface area contributed by atoms with Crippen molar-refractivity contribution in [3.8, 4) is 11.3 Å². The highest BCUT2D eigenvalue weighted by Crippen LogP contribution is 2.34. The van der Waals surface area contributed by atoms with Gasteiger partial charge < -0.3 is 15.7 Å². The lowest BCUT2D eigenvalue weighted by Crippen LogP contribution is -2.10. The summed E-state index contributed by atoms with van der Waals surface area (Å²) in [5.74, 6) is 0.632. The summed E-state index contributed by atoms with van der Waals surface area (Å²) in [6.07, 6.45) is -0.659. The number of hydrogen-bond acceptors (Lipinski definition) is 6. The van der Waals surface area contributed by atoms with Crippen LogP contribution in [0.15, 0.2) is 48.8 Å². The zero-order valence-electron chi connectivity index (χ0n) is 15.7. The van der Waals surface area contributed by atoms with Gasteiger partial charge in [-0.05, 0) is 43.2 Å². The predicted octanol–water partition coefficient (Wildman–Crippen LogP) is 4.40. The van der Waals surface area contributed by atoms with Crippen molar-refractivity contribution in [2.45, 2.75) is 19.5 Å². The number of aromatic nitrogens is 3. The summed E-state index contributed by atoms with van der Waals surface area (Å²) in [5.41, 5.74) is 1.01. The summed E-state index contributed by atoms with van der Waals surface area (Å²) in [6.45, 7) is 1.89. The van der Waals surface area contributed by atoms with Gasteiger partial charge in [0.15, 0.2) is 0 Å². The van der Waals surface area contributed by atoms with E-state index < -0.39 is 11.7 Å². The van der Waals surface area contributed by atoms with E-state index in [0.29, 0.717) is 30.4 Å². The van der Waals surface area contributed by atoms with Gasteiger partial charge in [0.1, 0.15) is 5.82 Å². The Bertz CT molecular complexity index is 964. The molecule has 0 atom stereocenters. The number of rotatable bonds is 7. The van der Waals surface area contributed by atoms with Crippen LogP contribution < -0.4 is 10.6 Å². The lowest BCUT2D eigenvalue weighted by Gasteiger charge is -2.14. The van der Waals surface area contributed by atoms with E-state index in [4.69, 9.17) is 5.11 Å². The van der Waals surface area contributed by atoms with Crippen molar-refractivity contribution < 1.29 is 18.3 Å². The molecule has 29 heavy (non-hydrogen) atoms. The summed E-state index contributed by atoms with van der Waals surface area (Å²) in [4.78, 5) is 12.8. The van der Waals surface area contributed by atoms with Crippen LogP contribution in [-0.4, -0.2) is 33.2 Å². The minimum Gasteiger partial charge on any atom is -0.396 e. The van der Waals surface area contributed by atoms with Gasteiger partial charge >= 0.3 is 6.18 Å². The summed E-state index contributed by atoms with van der Waals surface area (Å²) in [7, 11) is 0. The SMILES string of the molecule is Cc1ccc(Nc2cc(-c3cccnc3)nc(NCCCO)n2)cc1C(F)(F)F. The zero-order chi connectivity index (χ0) is 20.9. The average Bonchev–Trinajstić information content (AvgIpc) is 2.69. The van der Waals surface area contributed by atoms with Gasteiger partial charge in [-0.3, -0.25) is 4.98 Å². The normalized spacial score (nSPS) is 11.3. The third-order valence-corrected chi connectivity index (χ3v) is 4.12. The van der Waals surface area contributed by atoms with Crippen LogP contribution in [0.5, 0.6) is 0 Å². The molecule has 0 bridgehead atoms. The van der Waals surface area contributed by atoms with E-state index in [1.54, 1.807) is 30.6 Å². The van der Waals surface area contributed by atoms with E-state index in [9.17, 15) is 13.2 Å². The smallest absolute Gasteiger partial charge is 0.396 e. The maximum Gasteiger partial charge on any atom is 0.416 e. The van der Waals surface area contributed by atoms with Gasteiger partial charge in [0.05, 0.1) is 11.3 Å². The van der Waals surface area contributed by atoms with Crippen molar-refractivity contribution in [1.82, 2.24) is 15.0 Å². The minimum absolute atomic E-state index is 0.0178. The zero-order valence-corrected chi connectivity index (χ0v) is 15.7. The number of pyridine rings is 1. The quantitative estimate of drug-likeness (QED) is 0.507. The van der Waals surface area contributed by atoms with Gasteiger partial charge in [-0.1, -0.05) is 6.07 Å². The van der Waals surface area contributed by atoms with Gasteiger partial charge in [-0.15, -0.1) is 0 Å². The van der Waals surface area contributed by atoms with E-state index >= 15 is 0 Å². The first-order valence-electron chi connectivity index (χ1n) is 8.96. The second-order valence-electron chi connectivity index (χ2n) is 6.36. The molecule has 6 nitrogen and oxygen atoms in total. The standard InChI is InChI=1S/C20H20F3N5O/c1-13-5-6-15(10-16(13)20(21,22)23)26-18-11-17(14-4-2-7-24-12-14)27-19(28-18)25-8-3-9-29/h2,4-7,10-12,29H,3,8-9H2,1H3,(H2,25,26,27,28). The molecule has 0 aliphatic rings. The fraction of sp³-hybridized carbons (Fsp3) is 0.250. The fourth-order valence-corrected chi connectivity index (χ4v) is 2.68. The molecule has 152 valence electrons. The molecule has 0 amide bonds. The first-order chi connectivity index (χ1) is 13.9. The Morgan fingerprint density at radius 2 is 1.93 bits per heavy atom. The number of hydrogen-bond donors (Lipinski definition) is 3. The highest BCUT2D eigenvalue weighted by molar-refractivity contribution is 5.67. The van der Waals surface area contributed by atoms with Crippen molar-refractivity contribution in [3.63, 3.8) is 0 Å². The molecule has 3 aromatic rings. The third-order valence-electron chi connectivity index (χ3n) is 4.12. The van der Waals surface area contributed by atoms with Crippen LogP contribution in [-0.2, 0) is 6.18 Å². The Balaban J connectivity index is 1.95.